The van der Waals surface area contributed by atoms with Crippen molar-refractivity contribution in [3.63, 3.8) is 0 Å². The van der Waals surface area contributed by atoms with E-state index in [1.807, 2.05) is 0 Å². The molecule has 0 bridgehead atoms. The standard InChI is InChI=1S/C18H19F3N4O3S/c1-11-15(29-24-23-11)17(27)25-8-6-12(7-9-25)10-22-16(26)13-2-4-14(5-3-13)28-18(19,20)21/h2-5,12H,6-10H2,1H3,(H,22,26). The highest BCUT2D eigenvalue weighted by atomic mass is 32.1. The lowest BCUT2D eigenvalue weighted by Crippen LogP contribution is -2.41. The molecule has 0 unspecified atom stereocenters. The Balaban J connectivity index is 1.45. The number of hydrogen-bond acceptors (Lipinski definition) is 6. The van der Waals surface area contributed by atoms with E-state index in [1.165, 1.54) is 12.1 Å². The van der Waals surface area contributed by atoms with Crippen LogP contribution in [0.15, 0.2) is 24.3 Å². The van der Waals surface area contributed by atoms with Gasteiger partial charge in [-0.3, -0.25) is 9.59 Å². The molecule has 7 nitrogen and oxygen atoms in total. The second-order valence-corrected chi connectivity index (χ2v) is 7.46. The average molecular weight is 428 g/mol. The normalized spacial score (nSPS) is 15.2. The van der Waals surface area contributed by atoms with Crippen molar-refractivity contribution in [2.45, 2.75) is 26.1 Å². The van der Waals surface area contributed by atoms with E-state index in [0.29, 0.717) is 30.2 Å². The first-order valence-corrected chi connectivity index (χ1v) is 9.72. The Bertz CT molecular complexity index is 862. The summed E-state index contributed by atoms with van der Waals surface area (Å²) >= 11 is 1.09. The topological polar surface area (TPSA) is 84.4 Å². The molecule has 0 aliphatic carbocycles. The van der Waals surface area contributed by atoms with Gasteiger partial charge in [0.25, 0.3) is 11.8 Å². The first-order chi connectivity index (χ1) is 13.7. The average Bonchev–Trinajstić information content (AvgIpc) is 3.11. The molecule has 1 N–H and O–H groups in total. The van der Waals surface area contributed by atoms with Gasteiger partial charge in [0.05, 0.1) is 5.69 Å². The zero-order valence-corrected chi connectivity index (χ0v) is 16.3. The SMILES string of the molecule is Cc1nnsc1C(=O)N1CCC(CNC(=O)c2ccc(OC(F)(F)F)cc2)CC1. The van der Waals surface area contributed by atoms with Crippen molar-refractivity contribution >= 4 is 23.3 Å². The summed E-state index contributed by atoms with van der Waals surface area (Å²) < 4.78 is 44.1. The number of carbonyl (C=O) groups excluding carboxylic acids is 2. The molecule has 1 saturated heterocycles. The van der Waals surface area contributed by atoms with Crippen LogP contribution in [0.25, 0.3) is 0 Å². The number of ether oxygens (including phenoxy) is 1. The second kappa shape index (κ2) is 8.76. The summed E-state index contributed by atoms with van der Waals surface area (Å²) in [5.74, 6) is -0.594. The van der Waals surface area contributed by atoms with Crippen molar-refractivity contribution in [2.75, 3.05) is 19.6 Å². The van der Waals surface area contributed by atoms with Gasteiger partial charge in [-0.05, 0) is 61.5 Å². The van der Waals surface area contributed by atoms with Crippen LogP contribution < -0.4 is 10.1 Å². The summed E-state index contributed by atoms with van der Waals surface area (Å²) in [5, 5.41) is 6.65. The van der Waals surface area contributed by atoms with Crippen molar-refractivity contribution in [1.29, 1.82) is 0 Å². The molecule has 1 aromatic heterocycles. The molecule has 3 rings (SSSR count). The summed E-state index contributed by atoms with van der Waals surface area (Å²) in [4.78, 5) is 27.0. The lowest BCUT2D eigenvalue weighted by Gasteiger charge is -2.31. The number of halogens is 3. The minimum atomic E-state index is -4.77. The Morgan fingerprint density at radius 1 is 1.24 bits per heavy atom. The molecule has 11 heteroatoms. The van der Waals surface area contributed by atoms with E-state index in [2.05, 4.69) is 19.6 Å². The maximum Gasteiger partial charge on any atom is 0.573 e. The molecule has 2 aromatic rings. The van der Waals surface area contributed by atoms with Crippen molar-refractivity contribution in [1.82, 2.24) is 19.8 Å². The molecule has 2 heterocycles. The molecule has 0 spiro atoms. The van der Waals surface area contributed by atoms with Crippen molar-refractivity contribution < 1.29 is 27.5 Å². The molecule has 2 amide bonds. The van der Waals surface area contributed by atoms with E-state index in [-0.39, 0.29) is 29.0 Å². The highest BCUT2D eigenvalue weighted by Crippen LogP contribution is 2.23. The Morgan fingerprint density at radius 2 is 1.90 bits per heavy atom. The summed E-state index contributed by atoms with van der Waals surface area (Å²) in [6.45, 7) is 3.35. The third-order valence-electron chi connectivity index (χ3n) is 4.65. The first-order valence-electron chi connectivity index (χ1n) is 8.95. The fraction of sp³-hybridized carbons (Fsp3) is 0.444. The van der Waals surface area contributed by atoms with Crippen LogP contribution in [-0.2, 0) is 0 Å². The van der Waals surface area contributed by atoms with E-state index >= 15 is 0 Å². The van der Waals surface area contributed by atoms with Crippen LogP contribution in [0.5, 0.6) is 5.75 Å². The van der Waals surface area contributed by atoms with Crippen LogP contribution in [0.4, 0.5) is 13.2 Å². The van der Waals surface area contributed by atoms with Crippen molar-refractivity contribution in [3.05, 3.63) is 40.4 Å². The van der Waals surface area contributed by atoms with Crippen LogP contribution in [0, 0.1) is 12.8 Å². The van der Waals surface area contributed by atoms with E-state index in [0.717, 1.165) is 36.5 Å². The molecule has 156 valence electrons. The molecule has 1 aliphatic rings. The molecule has 1 aliphatic heterocycles. The molecule has 29 heavy (non-hydrogen) atoms. The lowest BCUT2D eigenvalue weighted by molar-refractivity contribution is -0.274. The largest absolute Gasteiger partial charge is 0.573 e. The lowest BCUT2D eigenvalue weighted by atomic mass is 9.96. The van der Waals surface area contributed by atoms with E-state index < -0.39 is 6.36 Å². The number of benzene rings is 1. The molecule has 0 radical (unpaired) electrons. The van der Waals surface area contributed by atoms with Gasteiger partial charge in [0, 0.05) is 25.2 Å². The third kappa shape index (κ3) is 5.66. The Morgan fingerprint density at radius 3 is 2.45 bits per heavy atom. The first kappa shape index (κ1) is 21.0. The Kier molecular flexibility index (Phi) is 6.36. The van der Waals surface area contributed by atoms with Gasteiger partial charge in [0.1, 0.15) is 10.6 Å². The zero-order chi connectivity index (χ0) is 21.0. The van der Waals surface area contributed by atoms with Gasteiger partial charge < -0.3 is 15.0 Å². The fourth-order valence-electron chi connectivity index (χ4n) is 3.06. The number of hydrogen-bond donors (Lipinski definition) is 1. The van der Waals surface area contributed by atoms with Crippen LogP contribution in [0.2, 0.25) is 0 Å². The maximum absolute atomic E-state index is 12.5. The van der Waals surface area contributed by atoms with Crippen LogP contribution >= 0.6 is 11.5 Å². The molecule has 1 aromatic carbocycles. The minimum absolute atomic E-state index is 0.0684. The second-order valence-electron chi connectivity index (χ2n) is 6.71. The van der Waals surface area contributed by atoms with Crippen molar-refractivity contribution in [2.24, 2.45) is 5.92 Å². The summed E-state index contributed by atoms with van der Waals surface area (Å²) in [6, 6.07) is 4.76. The number of amides is 2. The number of carbonyl (C=O) groups is 2. The summed E-state index contributed by atoms with van der Waals surface area (Å²) in [6.07, 6.45) is -3.28. The van der Waals surface area contributed by atoms with Crippen molar-refractivity contribution in [3.8, 4) is 5.75 Å². The highest BCUT2D eigenvalue weighted by molar-refractivity contribution is 7.07. The fourth-order valence-corrected chi connectivity index (χ4v) is 3.68. The predicted molar refractivity (Wildman–Crippen MR) is 98.7 cm³/mol. The van der Waals surface area contributed by atoms with Gasteiger partial charge in [-0.15, -0.1) is 18.3 Å². The van der Waals surface area contributed by atoms with Gasteiger partial charge in [-0.1, -0.05) is 4.49 Å². The number of alkyl halides is 3. The number of likely N-dealkylation sites (tertiary alicyclic amines) is 1. The monoisotopic (exact) mass is 428 g/mol. The highest BCUT2D eigenvalue weighted by Gasteiger charge is 2.31. The quantitative estimate of drug-likeness (QED) is 0.792. The smallest absolute Gasteiger partial charge is 0.406 e. The van der Waals surface area contributed by atoms with Crippen LogP contribution in [0.3, 0.4) is 0 Å². The molecule has 1 fully saturated rings. The number of aryl methyl sites for hydroxylation is 1. The number of piperidine rings is 1. The predicted octanol–water partition coefficient (Wildman–Crippen LogP) is 3.03. The molecular formula is C18H19F3N4O3S. The number of aromatic nitrogens is 2. The maximum atomic E-state index is 12.5. The number of nitrogens with one attached hydrogen (secondary N) is 1. The van der Waals surface area contributed by atoms with E-state index in [1.54, 1.807) is 11.8 Å². The van der Waals surface area contributed by atoms with Gasteiger partial charge in [-0.2, -0.15) is 0 Å². The summed E-state index contributed by atoms with van der Waals surface area (Å²) in [7, 11) is 0. The van der Waals surface area contributed by atoms with E-state index in [9.17, 15) is 22.8 Å². The van der Waals surface area contributed by atoms with Crippen LogP contribution in [0.1, 0.15) is 38.6 Å². The number of rotatable bonds is 5. The summed E-state index contributed by atoms with van der Waals surface area (Å²) in [5.41, 5.74) is 0.876. The van der Waals surface area contributed by atoms with Crippen LogP contribution in [-0.4, -0.2) is 52.3 Å². The molecule has 0 atom stereocenters. The Labute approximate surface area is 169 Å². The zero-order valence-electron chi connectivity index (χ0n) is 15.5. The van der Waals surface area contributed by atoms with E-state index in [4.69, 9.17) is 0 Å². The van der Waals surface area contributed by atoms with Gasteiger partial charge >= 0.3 is 6.36 Å². The number of nitrogens with zero attached hydrogens (tertiary/aromatic N) is 3. The van der Waals surface area contributed by atoms with Gasteiger partial charge in [0.2, 0.25) is 0 Å². The van der Waals surface area contributed by atoms with Gasteiger partial charge in [0.15, 0.2) is 0 Å². The van der Waals surface area contributed by atoms with Gasteiger partial charge in [-0.25, -0.2) is 0 Å². The minimum Gasteiger partial charge on any atom is -0.406 e. The molecule has 0 saturated carbocycles. The third-order valence-corrected chi connectivity index (χ3v) is 5.46. The molecular weight excluding hydrogens is 409 g/mol. The Hall–Kier alpha value is -2.69.